The number of hydrogen-bond acceptors (Lipinski definition) is 6. The van der Waals surface area contributed by atoms with Crippen molar-refractivity contribution in [2.75, 3.05) is 18.6 Å². The summed E-state index contributed by atoms with van der Waals surface area (Å²) in [5.74, 6) is 5.48. The Bertz CT molecular complexity index is 726. The average molecular weight is 313 g/mol. The molecule has 0 unspecified atom stereocenters. The zero-order valence-electron chi connectivity index (χ0n) is 11.9. The number of nitrogens with zero attached hydrogens (tertiary/aromatic N) is 3. The van der Waals surface area contributed by atoms with Gasteiger partial charge < -0.3 is 10.5 Å². The maximum Gasteiger partial charge on any atom is 0.263 e. The van der Waals surface area contributed by atoms with Crippen LogP contribution in [0.15, 0.2) is 29.4 Å². The van der Waals surface area contributed by atoms with E-state index < -0.39 is 10.0 Å². The number of aliphatic hydroxyl groups excluding tert-OH is 1. The highest BCUT2D eigenvalue weighted by Gasteiger charge is 2.32. The number of aromatic nitrogens is 2. The molecule has 2 aromatic heterocycles. The fraction of sp³-hybridized carbons (Fsp3) is 0.417. The Morgan fingerprint density at radius 3 is 2.76 bits per heavy atom. The van der Waals surface area contributed by atoms with E-state index in [2.05, 4.69) is 10.4 Å². The van der Waals surface area contributed by atoms with Crippen molar-refractivity contribution in [3.63, 3.8) is 0 Å². The summed E-state index contributed by atoms with van der Waals surface area (Å²) < 4.78 is 28.4. The number of nitrogen functional groups attached to an aromatic ring is 1. The molecule has 21 heavy (non-hydrogen) atoms. The summed E-state index contributed by atoms with van der Waals surface area (Å²) in [5.41, 5.74) is 2.80. The van der Waals surface area contributed by atoms with E-state index in [4.69, 9.17) is 10.9 Å². The summed E-state index contributed by atoms with van der Waals surface area (Å²) in [6, 6.07) is 4.85. The molecule has 0 saturated heterocycles. The number of pyridine rings is 1. The van der Waals surface area contributed by atoms with E-state index >= 15 is 0 Å². The van der Waals surface area contributed by atoms with Crippen molar-refractivity contribution < 1.29 is 13.5 Å². The number of fused-ring (bicyclic) bond motifs is 1. The molecule has 0 aliphatic carbocycles. The molecule has 8 nitrogen and oxygen atoms in total. The summed E-state index contributed by atoms with van der Waals surface area (Å²) in [7, 11) is -3.86. The maximum absolute atomic E-state index is 12.9. The monoisotopic (exact) mass is 313 g/mol. The first-order valence-electron chi connectivity index (χ1n) is 6.50. The Morgan fingerprint density at radius 2 is 2.19 bits per heavy atom. The number of anilines is 1. The van der Waals surface area contributed by atoms with Gasteiger partial charge in [-0.2, -0.15) is 4.31 Å². The van der Waals surface area contributed by atoms with Crippen LogP contribution in [0, 0.1) is 0 Å². The van der Waals surface area contributed by atoms with E-state index in [0.29, 0.717) is 5.65 Å². The Labute approximate surface area is 123 Å². The van der Waals surface area contributed by atoms with E-state index in [9.17, 15) is 8.42 Å². The van der Waals surface area contributed by atoms with Gasteiger partial charge in [-0.1, -0.05) is 6.07 Å². The Morgan fingerprint density at radius 1 is 1.48 bits per heavy atom. The quantitative estimate of drug-likeness (QED) is 0.511. The zero-order valence-corrected chi connectivity index (χ0v) is 12.7. The highest BCUT2D eigenvalue weighted by atomic mass is 32.2. The number of nitrogens with two attached hydrogens (primary N) is 1. The third kappa shape index (κ3) is 2.72. The first-order chi connectivity index (χ1) is 9.93. The average Bonchev–Trinajstić information content (AvgIpc) is 2.83. The largest absolute Gasteiger partial charge is 0.395 e. The molecule has 0 atom stereocenters. The lowest BCUT2D eigenvalue weighted by Crippen LogP contribution is -2.39. The van der Waals surface area contributed by atoms with Gasteiger partial charge in [-0.05, 0) is 26.0 Å². The Kier molecular flexibility index (Phi) is 4.47. The van der Waals surface area contributed by atoms with Crippen molar-refractivity contribution in [1.82, 2.24) is 13.7 Å². The minimum Gasteiger partial charge on any atom is -0.395 e. The van der Waals surface area contributed by atoms with Gasteiger partial charge in [0.2, 0.25) is 5.03 Å². The topological polar surface area (TPSA) is 113 Å². The van der Waals surface area contributed by atoms with E-state index in [1.165, 1.54) is 8.71 Å². The Balaban J connectivity index is 2.68. The molecule has 0 aliphatic rings. The molecule has 0 saturated carbocycles. The minimum absolute atomic E-state index is 0.00405. The fourth-order valence-electron chi connectivity index (χ4n) is 2.18. The first-order valence-corrected chi connectivity index (χ1v) is 7.94. The van der Waals surface area contributed by atoms with Crippen molar-refractivity contribution in [2.24, 2.45) is 5.84 Å². The molecule has 0 amide bonds. The molecule has 0 spiro atoms. The predicted molar refractivity (Wildman–Crippen MR) is 79.1 cm³/mol. The number of hydrazine groups is 1. The lowest BCUT2D eigenvalue weighted by Gasteiger charge is -2.25. The molecule has 0 bridgehead atoms. The minimum atomic E-state index is -3.86. The lowest BCUT2D eigenvalue weighted by molar-refractivity contribution is 0.236. The Hall–Kier alpha value is -1.68. The summed E-state index contributed by atoms with van der Waals surface area (Å²) in [4.78, 5) is 4.16. The zero-order chi connectivity index (χ0) is 15.6. The van der Waals surface area contributed by atoms with Gasteiger partial charge in [0.1, 0.15) is 5.65 Å². The molecule has 2 rings (SSSR count). The lowest BCUT2D eigenvalue weighted by atomic mass is 10.4. The first kappa shape index (κ1) is 15.7. The summed E-state index contributed by atoms with van der Waals surface area (Å²) >= 11 is 0. The van der Waals surface area contributed by atoms with E-state index in [1.54, 1.807) is 38.2 Å². The molecular weight excluding hydrogens is 294 g/mol. The van der Waals surface area contributed by atoms with Crippen LogP contribution < -0.4 is 11.3 Å². The smallest absolute Gasteiger partial charge is 0.263 e. The van der Waals surface area contributed by atoms with Gasteiger partial charge in [0.15, 0.2) is 5.82 Å². The molecule has 0 aromatic carbocycles. The molecular formula is C12H19N5O3S. The van der Waals surface area contributed by atoms with Gasteiger partial charge in [0.05, 0.1) is 6.61 Å². The van der Waals surface area contributed by atoms with Crippen LogP contribution in [0.5, 0.6) is 0 Å². The van der Waals surface area contributed by atoms with Crippen LogP contribution >= 0.6 is 0 Å². The number of hydrogen-bond donors (Lipinski definition) is 3. The number of rotatable bonds is 6. The van der Waals surface area contributed by atoms with Gasteiger partial charge in [-0.25, -0.2) is 19.2 Å². The van der Waals surface area contributed by atoms with Crippen LogP contribution in [0.3, 0.4) is 0 Å². The number of aliphatic hydroxyl groups is 1. The SMILES string of the molecule is CC(C)N(CCO)S(=O)(=O)c1c(NN)nc2ccccn12. The van der Waals surface area contributed by atoms with Gasteiger partial charge in [-0.15, -0.1) is 0 Å². The van der Waals surface area contributed by atoms with E-state index in [-0.39, 0.29) is 30.0 Å². The fourth-order valence-corrected chi connectivity index (χ4v) is 4.03. The number of nitrogens with one attached hydrogen (secondary N) is 1. The highest BCUT2D eigenvalue weighted by Crippen LogP contribution is 2.26. The maximum atomic E-state index is 12.9. The molecule has 2 aromatic rings. The third-order valence-electron chi connectivity index (χ3n) is 3.07. The molecule has 2 heterocycles. The van der Waals surface area contributed by atoms with Crippen LogP contribution in [-0.4, -0.2) is 46.4 Å². The van der Waals surface area contributed by atoms with Gasteiger partial charge in [0.25, 0.3) is 10.0 Å². The molecule has 0 aliphatic heterocycles. The van der Waals surface area contributed by atoms with Gasteiger partial charge in [-0.3, -0.25) is 4.40 Å². The second-order valence-corrected chi connectivity index (χ2v) is 6.58. The second kappa shape index (κ2) is 5.98. The van der Waals surface area contributed by atoms with E-state index in [0.717, 1.165) is 0 Å². The van der Waals surface area contributed by atoms with Crippen molar-refractivity contribution in [2.45, 2.75) is 24.9 Å². The predicted octanol–water partition coefficient (Wildman–Crippen LogP) is 0.0113. The number of imidazole rings is 1. The summed E-state index contributed by atoms with van der Waals surface area (Å²) in [6.07, 6.45) is 1.60. The molecule has 0 fully saturated rings. The third-order valence-corrected chi connectivity index (χ3v) is 5.17. The van der Waals surface area contributed by atoms with Crippen LogP contribution in [-0.2, 0) is 10.0 Å². The van der Waals surface area contributed by atoms with Crippen LogP contribution in [0.2, 0.25) is 0 Å². The van der Waals surface area contributed by atoms with Crippen LogP contribution in [0.4, 0.5) is 5.82 Å². The van der Waals surface area contributed by atoms with Gasteiger partial charge >= 0.3 is 0 Å². The van der Waals surface area contributed by atoms with Crippen molar-refractivity contribution in [3.8, 4) is 0 Å². The molecule has 0 radical (unpaired) electrons. The van der Waals surface area contributed by atoms with Crippen LogP contribution in [0.25, 0.3) is 5.65 Å². The van der Waals surface area contributed by atoms with E-state index in [1.807, 2.05) is 0 Å². The highest BCUT2D eigenvalue weighted by molar-refractivity contribution is 7.89. The van der Waals surface area contributed by atoms with Crippen molar-refractivity contribution in [3.05, 3.63) is 24.4 Å². The number of sulfonamides is 1. The van der Waals surface area contributed by atoms with Crippen molar-refractivity contribution >= 4 is 21.5 Å². The molecule has 9 heteroatoms. The van der Waals surface area contributed by atoms with Crippen LogP contribution in [0.1, 0.15) is 13.8 Å². The normalized spacial score (nSPS) is 12.5. The summed E-state index contributed by atoms with van der Waals surface area (Å²) in [5, 5.41) is 9.08. The van der Waals surface area contributed by atoms with Gasteiger partial charge in [0, 0.05) is 18.8 Å². The molecule has 4 N–H and O–H groups in total. The standard InChI is InChI=1S/C12H19N5O3S/c1-9(2)17(7-8-18)21(19,20)12-11(15-13)14-10-5-3-4-6-16(10)12/h3-6,9,15,18H,7-8,13H2,1-2H3. The summed E-state index contributed by atoms with van der Waals surface area (Å²) in [6.45, 7) is 3.22. The van der Waals surface area contributed by atoms with Crippen molar-refractivity contribution in [1.29, 1.82) is 0 Å². The molecule has 116 valence electrons. The second-order valence-electron chi connectivity index (χ2n) is 4.77.